The number of aliphatic hydroxyl groups is 1. The highest BCUT2D eigenvalue weighted by atomic mass is 19.4. The molecular weight excluding hydrogens is 261 g/mol. The van der Waals surface area contributed by atoms with Crippen LogP contribution in [0.4, 0.5) is 13.2 Å². The maximum atomic E-state index is 12.4. The molecule has 0 amide bonds. The summed E-state index contributed by atoms with van der Waals surface area (Å²) in [5.41, 5.74) is -0.189. The summed E-state index contributed by atoms with van der Waals surface area (Å²) in [6, 6.07) is 1.24. The van der Waals surface area contributed by atoms with Crippen molar-refractivity contribution >= 4 is 0 Å². The molecule has 1 atom stereocenters. The van der Waals surface area contributed by atoms with E-state index in [1.807, 2.05) is 0 Å². The van der Waals surface area contributed by atoms with E-state index in [9.17, 15) is 13.2 Å². The highest BCUT2D eigenvalue weighted by Gasteiger charge is 2.39. The highest BCUT2D eigenvalue weighted by molar-refractivity contribution is 5.16. The predicted molar refractivity (Wildman–Crippen MR) is 60.3 cm³/mol. The second-order valence-corrected chi connectivity index (χ2v) is 4.28. The fraction of sp³-hybridized carbons (Fsp3) is 0.455. The zero-order chi connectivity index (χ0) is 14.2. The van der Waals surface area contributed by atoms with Crippen molar-refractivity contribution in [1.29, 1.82) is 0 Å². The van der Waals surface area contributed by atoms with Crippen molar-refractivity contribution in [3.8, 4) is 0 Å². The third kappa shape index (κ3) is 2.78. The standard InChI is InChI=1S/C11H13F3N4O/c1-7-15-16-9(17(7)2)6-18-4-3-8(5-18)10(19)11(12,13)14/h3-5,10,19H,6H2,1-2H3. The number of nitrogens with zero attached hydrogens (tertiary/aromatic N) is 4. The Morgan fingerprint density at radius 3 is 2.58 bits per heavy atom. The van der Waals surface area contributed by atoms with Crippen LogP contribution in [0, 0.1) is 6.92 Å². The van der Waals surface area contributed by atoms with E-state index in [0.717, 1.165) is 5.82 Å². The van der Waals surface area contributed by atoms with Crippen LogP contribution in [0.2, 0.25) is 0 Å². The van der Waals surface area contributed by atoms with Crippen molar-refractivity contribution in [2.24, 2.45) is 7.05 Å². The summed E-state index contributed by atoms with van der Waals surface area (Å²) in [5.74, 6) is 1.35. The number of aromatic nitrogens is 4. The molecule has 0 spiro atoms. The lowest BCUT2D eigenvalue weighted by Gasteiger charge is -2.12. The number of aliphatic hydroxyl groups excluding tert-OH is 1. The summed E-state index contributed by atoms with van der Waals surface area (Å²) in [5, 5.41) is 16.9. The number of aryl methyl sites for hydroxylation is 1. The van der Waals surface area contributed by atoms with Gasteiger partial charge in [0.1, 0.15) is 5.82 Å². The van der Waals surface area contributed by atoms with Gasteiger partial charge in [0.15, 0.2) is 11.9 Å². The minimum Gasteiger partial charge on any atom is -0.379 e. The Bertz CT molecular complexity index is 573. The molecule has 2 aromatic heterocycles. The molecule has 19 heavy (non-hydrogen) atoms. The van der Waals surface area contributed by atoms with Crippen LogP contribution >= 0.6 is 0 Å². The Labute approximate surface area is 107 Å². The van der Waals surface area contributed by atoms with Crippen LogP contribution < -0.4 is 0 Å². The zero-order valence-corrected chi connectivity index (χ0v) is 10.4. The van der Waals surface area contributed by atoms with Gasteiger partial charge in [-0.3, -0.25) is 0 Å². The van der Waals surface area contributed by atoms with Crippen LogP contribution in [0.5, 0.6) is 0 Å². The summed E-state index contributed by atoms with van der Waals surface area (Å²) >= 11 is 0. The van der Waals surface area contributed by atoms with Gasteiger partial charge in [-0.2, -0.15) is 13.2 Å². The van der Waals surface area contributed by atoms with Crippen molar-refractivity contribution < 1.29 is 18.3 Å². The lowest BCUT2D eigenvalue weighted by Crippen LogP contribution is -2.19. The van der Waals surface area contributed by atoms with E-state index in [4.69, 9.17) is 5.11 Å². The molecule has 2 heterocycles. The van der Waals surface area contributed by atoms with E-state index in [1.165, 1.54) is 23.0 Å². The van der Waals surface area contributed by atoms with Crippen LogP contribution in [0.25, 0.3) is 0 Å². The third-order valence-electron chi connectivity index (χ3n) is 2.91. The summed E-state index contributed by atoms with van der Waals surface area (Å²) in [4.78, 5) is 0. The zero-order valence-electron chi connectivity index (χ0n) is 10.4. The van der Waals surface area contributed by atoms with Gasteiger partial charge in [0.25, 0.3) is 0 Å². The van der Waals surface area contributed by atoms with Gasteiger partial charge in [0.05, 0.1) is 6.54 Å². The maximum Gasteiger partial charge on any atom is 0.418 e. The molecule has 0 aromatic carbocycles. The minimum absolute atomic E-state index is 0.189. The molecule has 104 valence electrons. The number of alkyl halides is 3. The molecule has 0 radical (unpaired) electrons. The van der Waals surface area contributed by atoms with Gasteiger partial charge in [-0.1, -0.05) is 0 Å². The van der Waals surface area contributed by atoms with Crippen LogP contribution in [0.3, 0.4) is 0 Å². The predicted octanol–water partition coefficient (Wildman–Crippen LogP) is 1.57. The van der Waals surface area contributed by atoms with Gasteiger partial charge in [-0.25, -0.2) is 0 Å². The third-order valence-corrected chi connectivity index (χ3v) is 2.91. The number of rotatable bonds is 3. The highest BCUT2D eigenvalue weighted by Crippen LogP contribution is 2.32. The Kier molecular flexibility index (Phi) is 3.36. The Morgan fingerprint density at radius 1 is 1.37 bits per heavy atom. The monoisotopic (exact) mass is 274 g/mol. The Morgan fingerprint density at radius 2 is 2.05 bits per heavy atom. The lowest BCUT2D eigenvalue weighted by molar-refractivity contribution is -0.206. The first kappa shape index (κ1) is 13.6. The molecule has 2 rings (SSSR count). The molecule has 0 aliphatic rings. The average molecular weight is 274 g/mol. The number of hydrogen-bond donors (Lipinski definition) is 1. The topological polar surface area (TPSA) is 55.9 Å². The molecule has 0 fully saturated rings. The van der Waals surface area contributed by atoms with Gasteiger partial charge < -0.3 is 14.2 Å². The van der Waals surface area contributed by atoms with Crippen LogP contribution in [0.1, 0.15) is 23.3 Å². The molecule has 5 nitrogen and oxygen atoms in total. The van der Waals surface area contributed by atoms with E-state index in [-0.39, 0.29) is 5.56 Å². The first-order valence-electron chi connectivity index (χ1n) is 5.54. The SMILES string of the molecule is Cc1nnc(Cn2ccc(C(O)C(F)(F)F)c2)n1C. The fourth-order valence-electron chi connectivity index (χ4n) is 1.66. The summed E-state index contributed by atoms with van der Waals surface area (Å²) in [6.07, 6.45) is -4.40. The van der Waals surface area contributed by atoms with Gasteiger partial charge in [-0.15, -0.1) is 10.2 Å². The fourth-order valence-corrected chi connectivity index (χ4v) is 1.66. The molecule has 0 saturated carbocycles. The largest absolute Gasteiger partial charge is 0.418 e. The Balaban J connectivity index is 2.16. The minimum atomic E-state index is -4.66. The second kappa shape index (κ2) is 4.69. The summed E-state index contributed by atoms with van der Waals surface area (Å²) in [7, 11) is 1.78. The molecule has 8 heteroatoms. The second-order valence-electron chi connectivity index (χ2n) is 4.28. The van der Waals surface area contributed by atoms with E-state index in [0.29, 0.717) is 12.4 Å². The molecule has 0 saturated heterocycles. The lowest BCUT2D eigenvalue weighted by atomic mass is 10.2. The molecule has 2 aromatic rings. The van der Waals surface area contributed by atoms with Crippen molar-refractivity contribution in [1.82, 2.24) is 19.3 Å². The van der Waals surface area contributed by atoms with E-state index in [1.54, 1.807) is 18.5 Å². The molecular formula is C11H13F3N4O. The molecule has 1 N–H and O–H groups in total. The molecule has 0 aliphatic carbocycles. The summed E-state index contributed by atoms with van der Waals surface area (Å²) in [6.45, 7) is 2.08. The molecule has 0 bridgehead atoms. The molecule has 0 aliphatic heterocycles. The number of hydrogen-bond acceptors (Lipinski definition) is 3. The van der Waals surface area contributed by atoms with E-state index in [2.05, 4.69) is 10.2 Å². The summed E-state index contributed by atoms with van der Waals surface area (Å²) < 4.78 is 40.3. The van der Waals surface area contributed by atoms with Crippen LogP contribution in [-0.2, 0) is 13.6 Å². The van der Waals surface area contributed by atoms with Crippen LogP contribution in [0.15, 0.2) is 18.5 Å². The van der Waals surface area contributed by atoms with Gasteiger partial charge in [0, 0.05) is 25.0 Å². The normalized spacial score (nSPS) is 13.8. The molecule has 1 unspecified atom stereocenters. The number of halogens is 3. The van der Waals surface area contributed by atoms with Crippen molar-refractivity contribution in [3.05, 3.63) is 35.7 Å². The van der Waals surface area contributed by atoms with Gasteiger partial charge in [0.2, 0.25) is 0 Å². The average Bonchev–Trinajstić information content (AvgIpc) is 2.89. The van der Waals surface area contributed by atoms with Gasteiger partial charge >= 0.3 is 6.18 Å². The van der Waals surface area contributed by atoms with E-state index < -0.39 is 12.3 Å². The van der Waals surface area contributed by atoms with Crippen molar-refractivity contribution in [3.63, 3.8) is 0 Å². The first-order chi connectivity index (χ1) is 8.79. The first-order valence-corrected chi connectivity index (χ1v) is 5.54. The van der Waals surface area contributed by atoms with Crippen molar-refractivity contribution in [2.75, 3.05) is 0 Å². The Hall–Kier alpha value is -1.83. The van der Waals surface area contributed by atoms with Crippen molar-refractivity contribution in [2.45, 2.75) is 25.7 Å². The quantitative estimate of drug-likeness (QED) is 0.924. The smallest absolute Gasteiger partial charge is 0.379 e. The maximum absolute atomic E-state index is 12.4. The van der Waals surface area contributed by atoms with Gasteiger partial charge in [-0.05, 0) is 13.0 Å². The van der Waals surface area contributed by atoms with Crippen LogP contribution in [-0.4, -0.2) is 30.6 Å². The van der Waals surface area contributed by atoms with E-state index >= 15 is 0 Å².